The van der Waals surface area contributed by atoms with Gasteiger partial charge in [0.25, 0.3) is 5.56 Å². The average Bonchev–Trinajstić information content (AvgIpc) is 2.96. The molecule has 0 saturated heterocycles. The number of thiophene rings is 1. The zero-order chi connectivity index (χ0) is 16.4. The second kappa shape index (κ2) is 6.21. The van der Waals surface area contributed by atoms with Crippen LogP contribution in [0.5, 0.6) is 5.75 Å². The molecule has 2 heterocycles. The van der Waals surface area contributed by atoms with Gasteiger partial charge in [0.2, 0.25) is 0 Å². The molecule has 23 heavy (non-hydrogen) atoms. The summed E-state index contributed by atoms with van der Waals surface area (Å²) in [5, 5.41) is 11.2. The largest absolute Gasteiger partial charge is 0.494 e. The molecule has 0 aliphatic heterocycles. The average molecular weight is 330 g/mol. The Kier molecular flexibility index (Phi) is 4.12. The molecule has 0 aliphatic carbocycles. The second-order valence-electron chi connectivity index (χ2n) is 4.86. The first-order valence-corrected chi connectivity index (χ1v) is 7.89. The summed E-state index contributed by atoms with van der Waals surface area (Å²) < 4.78 is 6.52. The van der Waals surface area contributed by atoms with Crippen molar-refractivity contribution in [1.82, 2.24) is 9.55 Å². The molecule has 0 aliphatic rings. The van der Waals surface area contributed by atoms with Gasteiger partial charge in [0, 0.05) is 10.9 Å². The van der Waals surface area contributed by atoms with E-state index in [4.69, 9.17) is 9.84 Å². The lowest BCUT2D eigenvalue weighted by Gasteiger charge is -2.05. The highest BCUT2D eigenvalue weighted by atomic mass is 32.1. The standard InChI is InChI=1S/C16H14N2O4S/c1-2-22-11-5-3-10(4-6-11)12-8-23-15-14(12)16(21)18(9-17-15)7-13(19)20/h3-6,8-9H,2,7H2,1H3,(H,19,20). The van der Waals surface area contributed by atoms with Crippen LogP contribution in [0.2, 0.25) is 0 Å². The van der Waals surface area contributed by atoms with Gasteiger partial charge in [-0.2, -0.15) is 0 Å². The molecule has 0 amide bonds. The fourth-order valence-corrected chi connectivity index (χ4v) is 3.24. The number of hydrogen-bond acceptors (Lipinski definition) is 5. The molecule has 3 rings (SSSR count). The first-order chi connectivity index (χ1) is 11.1. The van der Waals surface area contributed by atoms with Gasteiger partial charge in [0.05, 0.1) is 18.3 Å². The van der Waals surface area contributed by atoms with Crippen molar-refractivity contribution in [3.8, 4) is 16.9 Å². The third kappa shape index (κ3) is 2.95. The predicted octanol–water partition coefficient (Wildman–Crippen LogP) is 2.61. The van der Waals surface area contributed by atoms with E-state index in [9.17, 15) is 9.59 Å². The number of ether oxygens (including phenoxy) is 1. The summed E-state index contributed by atoms with van der Waals surface area (Å²) in [4.78, 5) is 28.2. The highest BCUT2D eigenvalue weighted by molar-refractivity contribution is 7.17. The molecule has 0 saturated carbocycles. The monoisotopic (exact) mass is 330 g/mol. The van der Waals surface area contributed by atoms with Crippen LogP contribution in [0.15, 0.2) is 40.8 Å². The van der Waals surface area contributed by atoms with E-state index in [1.165, 1.54) is 17.7 Å². The maximum absolute atomic E-state index is 12.5. The van der Waals surface area contributed by atoms with E-state index in [1.807, 2.05) is 36.6 Å². The maximum Gasteiger partial charge on any atom is 0.323 e. The molecule has 1 aromatic carbocycles. The van der Waals surface area contributed by atoms with Crippen molar-refractivity contribution in [3.05, 3.63) is 46.3 Å². The van der Waals surface area contributed by atoms with E-state index in [0.717, 1.165) is 21.4 Å². The first kappa shape index (κ1) is 15.2. The first-order valence-electron chi connectivity index (χ1n) is 7.02. The van der Waals surface area contributed by atoms with Crippen LogP contribution in [0.1, 0.15) is 6.92 Å². The minimum Gasteiger partial charge on any atom is -0.494 e. The summed E-state index contributed by atoms with van der Waals surface area (Å²) in [5.74, 6) is -0.316. The Balaban J connectivity index is 2.10. The summed E-state index contributed by atoms with van der Waals surface area (Å²) in [7, 11) is 0. The van der Waals surface area contributed by atoms with E-state index in [1.54, 1.807) is 0 Å². The van der Waals surface area contributed by atoms with Gasteiger partial charge in [0.15, 0.2) is 0 Å². The van der Waals surface area contributed by atoms with Gasteiger partial charge in [-0.15, -0.1) is 11.3 Å². The molecule has 2 aromatic heterocycles. The Labute approximate surface area is 135 Å². The van der Waals surface area contributed by atoms with Crippen LogP contribution in [0.4, 0.5) is 0 Å². The van der Waals surface area contributed by atoms with Crippen molar-refractivity contribution in [2.75, 3.05) is 6.61 Å². The molecule has 7 heteroatoms. The van der Waals surface area contributed by atoms with Crippen LogP contribution < -0.4 is 10.3 Å². The topological polar surface area (TPSA) is 81.4 Å². The molecular weight excluding hydrogens is 316 g/mol. The molecule has 1 N–H and O–H groups in total. The Morgan fingerprint density at radius 1 is 1.35 bits per heavy atom. The Hall–Kier alpha value is -2.67. The summed E-state index contributed by atoms with van der Waals surface area (Å²) in [6.45, 7) is 2.10. The van der Waals surface area contributed by atoms with Gasteiger partial charge in [-0.3, -0.25) is 14.2 Å². The van der Waals surface area contributed by atoms with Crippen molar-refractivity contribution in [2.45, 2.75) is 13.5 Å². The SMILES string of the molecule is CCOc1ccc(-c2csc3ncn(CC(=O)O)c(=O)c23)cc1. The Morgan fingerprint density at radius 2 is 2.09 bits per heavy atom. The van der Waals surface area contributed by atoms with Crippen molar-refractivity contribution in [1.29, 1.82) is 0 Å². The third-order valence-electron chi connectivity index (χ3n) is 3.34. The van der Waals surface area contributed by atoms with Crippen LogP contribution in [0.25, 0.3) is 21.3 Å². The quantitative estimate of drug-likeness (QED) is 0.777. The number of rotatable bonds is 5. The predicted molar refractivity (Wildman–Crippen MR) is 88.1 cm³/mol. The fourth-order valence-electron chi connectivity index (χ4n) is 2.34. The molecule has 0 atom stereocenters. The van der Waals surface area contributed by atoms with E-state index in [0.29, 0.717) is 16.8 Å². The molecule has 0 unspecified atom stereocenters. The number of hydrogen-bond donors (Lipinski definition) is 1. The highest BCUT2D eigenvalue weighted by Gasteiger charge is 2.14. The van der Waals surface area contributed by atoms with E-state index in [2.05, 4.69) is 4.98 Å². The number of carboxylic acids is 1. The number of benzene rings is 1. The van der Waals surface area contributed by atoms with Gasteiger partial charge >= 0.3 is 5.97 Å². The number of carboxylic acid groups (broad SMARTS) is 1. The van der Waals surface area contributed by atoms with Gasteiger partial charge < -0.3 is 9.84 Å². The fraction of sp³-hybridized carbons (Fsp3) is 0.188. The van der Waals surface area contributed by atoms with Crippen LogP contribution in [0, 0.1) is 0 Å². The number of nitrogens with zero attached hydrogens (tertiary/aromatic N) is 2. The Bertz CT molecular complexity index is 912. The van der Waals surface area contributed by atoms with E-state index >= 15 is 0 Å². The van der Waals surface area contributed by atoms with E-state index < -0.39 is 12.5 Å². The Morgan fingerprint density at radius 3 is 2.74 bits per heavy atom. The molecule has 0 fully saturated rings. The number of fused-ring (bicyclic) bond motifs is 1. The number of aliphatic carboxylic acids is 1. The van der Waals surface area contributed by atoms with Gasteiger partial charge in [-0.05, 0) is 24.6 Å². The third-order valence-corrected chi connectivity index (χ3v) is 4.23. The summed E-state index contributed by atoms with van der Waals surface area (Å²) in [6.07, 6.45) is 1.28. The molecule has 0 radical (unpaired) electrons. The summed E-state index contributed by atoms with van der Waals surface area (Å²) >= 11 is 1.36. The van der Waals surface area contributed by atoms with Crippen molar-refractivity contribution in [2.24, 2.45) is 0 Å². The number of carbonyl (C=O) groups is 1. The van der Waals surface area contributed by atoms with Crippen LogP contribution >= 0.6 is 11.3 Å². The lowest BCUT2D eigenvalue weighted by atomic mass is 10.1. The molecule has 0 spiro atoms. The molecule has 3 aromatic rings. The highest BCUT2D eigenvalue weighted by Crippen LogP contribution is 2.31. The maximum atomic E-state index is 12.5. The summed E-state index contributed by atoms with van der Waals surface area (Å²) in [5.41, 5.74) is 1.28. The zero-order valence-electron chi connectivity index (χ0n) is 12.4. The van der Waals surface area contributed by atoms with Crippen LogP contribution in [0.3, 0.4) is 0 Å². The summed E-state index contributed by atoms with van der Waals surface area (Å²) in [6, 6.07) is 7.43. The minimum atomic E-state index is -1.08. The molecule has 118 valence electrons. The van der Waals surface area contributed by atoms with Crippen molar-refractivity contribution >= 4 is 27.5 Å². The number of aromatic nitrogens is 2. The van der Waals surface area contributed by atoms with Crippen molar-refractivity contribution in [3.63, 3.8) is 0 Å². The minimum absolute atomic E-state index is 0.345. The lowest BCUT2D eigenvalue weighted by Crippen LogP contribution is -2.24. The van der Waals surface area contributed by atoms with Crippen molar-refractivity contribution < 1.29 is 14.6 Å². The van der Waals surface area contributed by atoms with Gasteiger partial charge in [-0.1, -0.05) is 12.1 Å². The van der Waals surface area contributed by atoms with Gasteiger partial charge in [-0.25, -0.2) is 4.98 Å². The van der Waals surface area contributed by atoms with Crippen LogP contribution in [-0.4, -0.2) is 27.2 Å². The second-order valence-corrected chi connectivity index (χ2v) is 5.72. The smallest absolute Gasteiger partial charge is 0.323 e. The normalized spacial score (nSPS) is 10.8. The molecule has 6 nitrogen and oxygen atoms in total. The zero-order valence-corrected chi connectivity index (χ0v) is 13.2. The van der Waals surface area contributed by atoms with Gasteiger partial charge in [0.1, 0.15) is 17.1 Å². The lowest BCUT2D eigenvalue weighted by molar-refractivity contribution is -0.137. The molecular formula is C16H14N2O4S. The van der Waals surface area contributed by atoms with Crippen LogP contribution in [-0.2, 0) is 11.3 Å². The molecule has 0 bridgehead atoms. The van der Waals surface area contributed by atoms with E-state index in [-0.39, 0.29) is 5.56 Å².